The maximum Gasteiger partial charge on any atom is 0.305 e. The SMILES string of the molecule is CC/C=C\CC(=O)C(=O)NCCCC(=O)OC. The summed E-state index contributed by atoms with van der Waals surface area (Å²) in [6, 6.07) is 0. The van der Waals surface area contributed by atoms with Crippen LogP contribution >= 0.6 is 0 Å². The topological polar surface area (TPSA) is 72.5 Å². The number of carbonyl (C=O) groups excluding carboxylic acids is 3. The van der Waals surface area contributed by atoms with Crippen LogP contribution < -0.4 is 5.32 Å². The lowest BCUT2D eigenvalue weighted by atomic mass is 10.2. The third-order valence-corrected chi connectivity index (χ3v) is 2.03. The summed E-state index contributed by atoms with van der Waals surface area (Å²) in [7, 11) is 1.31. The molecule has 0 bridgehead atoms. The fraction of sp³-hybridized carbons (Fsp3) is 0.583. The lowest BCUT2D eigenvalue weighted by Crippen LogP contribution is -2.31. The van der Waals surface area contributed by atoms with Crippen molar-refractivity contribution in [1.82, 2.24) is 5.32 Å². The number of amides is 1. The first-order valence-electron chi connectivity index (χ1n) is 5.64. The maximum absolute atomic E-state index is 11.2. The molecule has 0 aliphatic carbocycles. The zero-order valence-electron chi connectivity index (χ0n) is 10.3. The Labute approximate surface area is 101 Å². The molecular formula is C12H19NO4. The molecule has 0 saturated heterocycles. The predicted octanol–water partition coefficient (Wildman–Crippen LogP) is 0.981. The van der Waals surface area contributed by atoms with E-state index in [0.29, 0.717) is 13.0 Å². The molecule has 0 saturated carbocycles. The zero-order chi connectivity index (χ0) is 13.1. The van der Waals surface area contributed by atoms with E-state index in [2.05, 4.69) is 10.1 Å². The van der Waals surface area contributed by atoms with Gasteiger partial charge in [-0.2, -0.15) is 0 Å². The number of carbonyl (C=O) groups is 3. The Bertz CT molecular complexity index is 297. The molecule has 5 nitrogen and oxygen atoms in total. The van der Waals surface area contributed by atoms with E-state index in [1.54, 1.807) is 6.08 Å². The van der Waals surface area contributed by atoms with E-state index < -0.39 is 11.7 Å². The average Bonchev–Trinajstić information content (AvgIpc) is 2.34. The van der Waals surface area contributed by atoms with Gasteiger partial charge in [0, 0.05) is 19.4 Å². The molecule has 5 heteroatoms. The molecule has 96 valence electrons. The number of rotatable bonds is 8. The molecule has 1 N–H and O–H groups in total. The number of hydrogen-bond acceptors (Lipinski definition) is 4. The average molecular weight is 241 g/mol. The highest BCUT2D eigenvalue weighted by molar-refractivity contribution is 6.36. The first kappa shape index (κ1) is 15.3. The fourth-order valence-electron chi connectivity index (χ4n) is 1.09. The summed E-state index contributed by atoms with van der Waals surface area (Å²) in [6.45, 7) is 2.25. The van der Waals surface area contributed by atoms with Crippen molar-refractivity contribution >= 4 is 17.7 Å². The molecule has 0 unspecified atom stereocenters. The summed E-state index contributed by atoms with van der Waals surface area (Å²) in [6.07, 6.45) is 5.18. The van der Waals surface area contributed by atoms with Crippen LogP contribution in [-0.4, -0.2) is 31.3 Å². The van der Waals surface area contributed by atoms with Gasteiger partial charge in [-0.3, -0.25) is 14.4 Å². The second kappa shape index (κ2) is 9.57. The minimum absolute atomic E-state index is 0.122. The normalized spacial score (nSPS) is 10.2. The van der Waals surface area contributed by atoms with E-state index >= 15 is 0 Å². The molecule has 0 aliphatic rings. The van der Waals surface area contributed by atoms with Crippen molar-refractivity contribution in [3.63, 3.8) is 0 Å². The van der Waals surface area contributed by atoms with Gasteiger partial charge in [0.1, 0.15) is 0 Å². The summed E-state index contributed by atoms with van der Waals surface area (Å²) >= 11 is 0. The largest absolute Gasteiger partial charge is 0.469 e. The standard InChI is InChI=1S/C12H19NO4/c1-3-4-5-7-10(14)12(16)13-9-6-8-11(15)17-2/h4-5H,3,6-9H2,1-2H3,(H,13,16)/b5-4-. The highest BCUT2D eigenvalue weighted by Gasteiger charge is 2.10. The van der Waals surface area contributed by atoms with Crippen molar-refractivity contribution in [2.24, 2.45) is 0 Å². The summed E-state index contributed by atoms with van der Waals surface area (Å²) < 4.78 is 4.44. The van der Waals surface area contributed by atoms with Crippen molar-refractivity contribution in [1.29, 1.82) is 0 Å². The van der Waals surface area contributed by atoms with Crippen LogP contribution in [0.25, 0.3) is 0 Å². The van der Waals surface area contributed by atoms with Crippen LogP contribution in [0.15, 0.2) is 12.2 Å². The molecule has 0 heterocycles. The van der Waals surface area contributed by atoms with Crippen LogP contribution in [0.5, 0.6) is 0 Å². The van der Waals surface area contributed by atoms with Crippen LogP contribution in [-0.2, 0) is 19.1 Å². The fourth-order valence-corrected chi connectivity index (χ4v) is 1.09. The van der Waals surface area contributed by atoms with Gasteiger partial charge in [0.15, 0.2) is 0 Å². The van der Waals surface area contributed by atoms with Crippen LogP contribution in [0.1, 0.15) is 32.6 Å². The van der Waals surface area contributed by atoms with Gasteiger partial charge in [-0.15, -0.1) is 0 Å². The number of ether oxygens (including phenoxy) is 1. The van der Waals surface area contributed by atoms with Crippen LogP contribution in [0, 0.1) is 0 Å². The van der Waals surface area contributed by atoms with Gasteiger partial charge in [-0.1, -0.05) is 19.1 Å². The molecule has 0 aliphatic heterocycles. The zero-order valence-corrected chi connectivity index (χ0v) is 10.3. The Morgan fingerprint density at radius 3 is 2.53 bits per heavy atom. The number of hydrogen-bond donors (Lipinski definition) is 1. The van der Waals surface area contributed by atoms with E-state index in [-0.39, 0.29) is 18.8 Å². The summed E-state index contributed by atoms with van der Waals surface area (Å²) in [5.74, 6) is -1.39. The van der Waals surface area contributed by atoms with Crippen LogP contribution in [0.4, 0.5) is 0 Å². The Morgan fingerprint density at radius 1 is 1.24 bits per heavy atom. The lowest BCUT2D eigenvalue weighted by molar-refractivity contribution is -0.141. The molecule has 0 fully saturated rings. The Morgan fingerprint density at radius 2 is 1.94 bits per heavy atom. The Hall–Kier alpha value is -1.65. The second-order valence-corrected chi connectivity index (χ2v) is 3.44. The highest BCUT2D eigenvalue weighted by Crippen LogP contribution is 1.92. The van der Waals surface area contributed by atoms with Crippen LogP contribution in [0.2, 0.25) is 0 Å². The number of methoxy groups -OCH3 is 1. The molecule has 1 amide bonds. The van der Waals surface area contributed by atoms with Crippen molar-refractivity contribution in [2.75, 3.05) is 13.7 Å². The van der Waals surface area contributed by atoms with Gasteiger partial charge >= 0.3 is 5.97 Å². The Balaban J connectivity index is 3.68. The monoisotopic (exact) mass is 241 g/mol. The first-order chi connectivity index (χ1) is 8.11. The Kier molecular flexibility index (Phi) is 8.64. The summed E-state index contributed by atoms with van der Waals surface area (Å²) in [5, 5.41) is 2.46. The molecular weight excluding hydrogens is 222 g/mol. The number of nitrogens with one attached hydrogen (secondary N) is 1. The maximum atomic E-state index is 11.2. The molecule has 0 spiro atoms. The smallest absolute Gasteiger partial charge is 0.305 e. The van der Waals surface area contributed by atoms with Crippen molar-refractivity contribution in [3.05, 3.63) is 12.2 Å². The van der Waals surface area contributed by atoms with Gasteiger partial charge in [0.25, 0.3) is 5.91 Å². The number of esters is 1. The van der Waals surface area contributed by atoms with Gasteiger partial charge in [-0.05, 0) is 12.8 Å². The summed E-state index contributed by atoms with van der Waals surface area (Å²) in [4.78, 5) is 33.2. The number of Topliss-reactive ketones (excluding diaryl/α,β-unsaturated/α-hetero) is 1. The van der Waals surface area contributed by atoms with E-state index in [4.69, 9.17) is 0 Å². The first-order valence-corrected chi connectivity index (χ1v) is 5.64. The third kappa shape index (κ3) is 8.19. The van der Waals surface area contributed by atoms with Crippen LogP contribution in [0.3, 0.4) is 0 Å². The van der Waals surface area contributed by atoms with Crippen molar-refractivity contribution in [2.45, 2.75) is 32.6 Å². The minimum Gasteiger partial charge on any atom is -0.469 e. The molecule has 0 aromatic rings. The molecule has 0 radical (unpaired) electrons. The van der Waals surface area contributed by atoms with Gasteiger partial charge < -0.3 is 10.1 Å². The summed E-state index contributed by atoms with van der Waals surface area (Å²) in [5.41, 5.74) is 0. The minimum atomic E-state index is -0.601. The number of allylic oxidation sites excluding steroid dienone is 2. The predicted molar refractivity (Wildman–Crippen MR) is 63.3 cm³/mol. The third-order valence-electron chi connectivity index (χ3n) is 2.03. The molecule has 0 atom stereocenters. The van der Waals surface area contributed by atoms with Crippen molar-refractivity contribution in [3.8, 4) is 0 Å². The van der Waals surface area contributed by atoms with Gasteiger partial charge in [0.05, 0.1) is 7.11 Å². The van der Waals surface area contributed by atoms with E-state index in [1.165, 1.54) is 7.11 Å². The van der Waals surface area contributed by atoms with Gasteiger partial charge in [-0.25, -0.2) is 0 Å². The molecule has 0 aromatic heterocycles. The van der Waals surface area contributed by atoms with E-state index in [9.17, 15) is 14.4 Å². The molecule has 0 rings (SSSR count). The van der Waals surface area contributed by atoms with Crippen molar-refractivity contribution < 1.29 is 19.1 Å². The highest BCUT2D eigenvalue weighted by atomic mass is 16.5. The lowest BCUT2D eigenvalue weighted by Gasteiger charge is -2.02. The van der Waals surface area contributed by atoms with E-state index in [1.807, 2.05) is 13.0 Å². The molecule has 0 aromatic carbocycles. The quantitative estimate of drug-likeness (QED) is 0.297. The number of ketones is 1. The van der Waals surface area contributed by atoms with E-state index in [0.717, 1.165) is 6.42 Å². The van der Waals surface area contributed by atoms with Gasteiger partial charge in [0.2, 0.25) is 5.78 Å². The molecule has 17 heavy (non-hydrogen) atoms. The second-order valence-electron chi connectivity index (χ2n) is 3.44.